The summed E-state index contributed by atoms with van der Waals surface area (Å²) >= 11 is 8.48. The zero-order chi connectivity index (χ0) is 14.0. The molecular formula is C14H14BrN3S. The van der Waals surface area contributed by atoms with E-state index in [9.17, 15) is 0 Å². The summed E-state index contributed by atoms with van der Waals surface area (Å²) in [4.78, 5) is 4.80. The highest BCUT2D eigenvalue weighted by atomic mass is 79.9. The Kier molecular flexibility index (Phi) is 4.17. The summed E-state index contributed by atoms with van der Waals surface area (Å²) in [5.74, 6) is 0.740. The van der Waals surface area contributed by atoms with Crippen molar-refractivity contribution < 1.29 is 0 Å². The molecule has 0 aliphatic carbocycles. The molecule has 3 nitrogen and oxygen atoms in total. The Morgan fingerprint density at radius 3 is 2.63 bits per heavy atom. The summed E-state index contributed by atoms with van der Waals surface area (Å²) < 4.78 is 1.08. The van der Waals surface area contributed by atoms with E-state index < -0.39 is 0 Å². The van der Waals surface area contributed by atoms with E-state index >= 15 is 0 Å². The average Bonchev–Trinajstić information content (AvgIpc) is 2.33. The number of pyridine rings is 1. The number of aromatic nitrogens is 1. The number of nitrogens with zero attached hydrogens (tertiary/aromatic N) is 1. The number of thiocarbonyl (C=S) groups is 1. The van der Waals surface area contributed by atoms with Crippen LogP contribution >= 0.6 is 28.1 Å². The second kappa shape index (κ2) is 5.67. The van der Waals surface area contributed by atoms with Crippen molar-refractivity contribution in [2.75, 3.05) is 5.32 Å². The maximum absolute atomic E-state index is 5.66. The van der Waals surface area contributed by atoms with Crippen LogP contribution < -0.4 is 11.1 Å². The number of nitrogens with one attached hydrogen (secondary N) is 1. The van der Waals surface area contributed by atoms with Crippen LogP contribution in [0.4, 0.5) is 11.5 Å². The second-order valence-electron chi connectivity index (χ2n) is 4.34. The first kappa shape index (κ1) is 14.0. The van der Waals surface area contributed by atoms with Crippen molar-refractivity contribution in [1.29, 1.82) is 0 Å². The second-order valence-corrected chi connectivity index (χ2v) is 5.63. The molecule has 0 saturated heterocycles. The molecule has 0 aliphatic heterocycles. The largest absolute Gasteiger partial charge is 0.389 e. The highest BCUT2D eigenvalue weighted by molar-refractivity contribution is 9.10. The van der Waals surface area contributed by atoms with Crippen LogP contribution in [0.15, 0.2) is 34.8 Å². The molecule has 0 radical (unpaired) electrons. The maximum atomic E-state index is 5.66. The third-order valence-corrected chi connectivity index (χ3v) is 3.79. The van der Waals surface area contributed by atoms with E-state index in [1.54, 1.807) is 0 Å². The van der Waals surface area contributed by atoms with Crippen LogP contribution in [0.3, 0.4) is 0 Å². The molecule has 5 heteroatoms. The molecule has 0 spiro atoms. The van der Waals surface area contributed by atoms with Gasteiger partial charge in [0.25, 0.3) is 0 Å². The maximum Gasteiger partial charge on any atom is 0.131 e. The van der Waals surface area contributed by atoms with E-state index in [1.165, 1.54) is 0 Å². The van der Waals surface area contributed by atoms with Crippen LogP contribution in [-0.4, -0.2) is 9.97 Å². The number of rotatable bonds is 3. The first-order valence-corrected chi connectivity index (χ1v) is 6.97. The molecule has 1 heterocycles. The molecule has 98 valence electrons. The molecule has 3 N–H and O–H groups in total. The minimum absolute atomic E-state index is 0.375. The Bertz CT molecular complexity index is 641. The van der Waals surface area contributed by atoms with E-state index in [2.05, 4.69) is 32.3 Å². The van der Waals surface area contributed by atoms with Gasteiger partial charge in [0, 0.05) is 21.4 Å². The molecule has 0 fully saturated rings. The molecule has 0 bridgehead atoms. The first-order chi connectivity index (χ1) is 8.95. The molecule has 1 aromatic heterocycles. The van der Waals surface area contributed by atoms with Gasteiger partial charge in [-0.2, -0.15) is 0 Å². The van der Waals surface area contributed by atoms with Crippen molar-refractivity contribution in [3.8, 4) is 0 Å². The highest BCUT2D eigenvalue weighted by Gasteiger charge is 2.04. The van der Waals surface area contributed by atoms with Gasteiger partial charge < -0.3 is 11.1 Å². The lowest BCUT2D eigenvalue weighted by atomic mass is 10.2. The zero-order valence-corrected chi connectivity index (χ0v) is 13.1. The van der Waals surface area contributed by atoms with Gasteiger partial charge in [-0.3, -0.25) is 0 Å². The van der Waals surface area contributed by atoms with Crippen LogP contribution in [0.1, 0.15) is 16.8 Å². The Balaban J connectivity index is 2.32. The molecule has 0 unspecified atom stereocenters. The average molecular weight is 336 g/mol. The van der Waals surface area contributed by atoms with Gasteiger partial charge in [-0.1, -0.05) is 28.1 Å². The SMILES string of the molecule is Cc1cc(C(N)=S)cc(Nc2ccc(Br)c(C)c2)n1. The molecule has 0 saturated carbocycles. The van der Waals surface area contributed by atoms with Crippen LogP contribution in [0.2, 0.25) is 0 Å². The lowest BCUT2D eigenvalue weighted by Crippen LogP contribution is -2.10. The number of anilines is 2. The summed E-state index contributed by atoms with van der Waals surface area (Å²) in [7, 11) is 0. The molecule has 0 amide bonds. The summed E-state index contributed by atoms with van der Waals surface area (Å²) in [5.41, 5.74) is 9.49. The van der Waals surface area contributed by atoms with Gasteiger partial charge in [-0.25, -0.2) is 4.98 Å². The van der Waals surface area contributed by atoms with Crippen molar-refractivity contribution in [3.05, 3.63) is 51.6 Å². The minimum Gasteiger partial charge on any atom is -0.389 e. The summed E-state index contributed by atoms with van der Waals surface area (Å²) in [6.07, 6.45) is 0. The molecule has 2 aromatic rings. The predicted molar refractivity (Wildman–Crippen MR) is 87.0 cm³/mol. The van der Waals surface area contributed by atoms with Gasteiger partial charge >= 0.3 is 0 Å². The van der Waals surface area contributed by atoms with Gasteiger partial charge in [-0.15, -0.1) is 0 Å². The van der Waals surface area contributed by atoms with E-state index in [-0.39, 0.29) is 0 Å². The Morgan fingerprint density at radius 1 is 1.26 bits per heavy atom. The number of hydrogen-bond acceptors (Lipinski definition) is 3. The van der Waals surface area contributed by atoms with E-state index in [1.807, 2.05) is 38.1 Å². The molecule has 0 atom stereocenters. The van der Waals surface area contributed by atoms with Gasteiger partial charge in [0.1, 0.15) is 10.8 Å². The third-order valence-electron chi connectivity index (χ3n) is 2.67. The van der Waals surface area contributed by atoms with Gasteiger partial charge in [0.15, 0.2) is 0 Å². The van der Waals surface area contributed by atoms with Crippen molar-refractivity contribution in [3.63, 3.8) is 0 Å². The summed E-state index contributed by atoms with van der Waals surface area (Å²) in [5, 5.41) is 3.26. The summed E-state index contributed by atoms with van der Waals surface area (Å²) in [6.45, 7) is 3.96. The monoisotopic (exact) mass is 335 g/mol. The van der Waals surface area contributed by atoms with Crippen molar-refractivity contribution in [2.24, 2.45) is 5.73 Å². The fourth-order valence-corrected chi connectivity index (χ4v) is 2.11. The fourth-order valence-electron chi connectivity index (χ4n) is 1.75. The number of benzene rings is 1. The van der Waals surface area contributed by atoms with Gasteiger partial charge in [0.2, 0.25) is 0 Å². The van der Waals surface area contributed by atoms with Crippen molar-refractivity contribution in [2.45, 2.75) is 13.8 Å². The lowest BCUT2D eigenvalue weighted by Gasteiger charge is -2.10. The molecule has 0 aliphatic rings. The topological polar surface area (TPSA) is 50.9 Å². The minimum atomic E-state index is 0.375. The molecular weight excluding hydrogens is 322 g/mol. The van der Waals surface area contributed by atoms with Gasteiger partial charge in [0.05, 0.1) is 0 Å². The van der Waals surface area contributed by atoms with E-state index in [4.69, 9.17) is 18.0 Å². The van der Waals surface area contributed by atoms with Crippen LogP contribution in [-0.2, 0) is 0 Å². The predicted octanol–water partition coefficient (Wildman–Crippen LogP) is 3.84. The lowest BCUT2D eigenvalue weighted by molar-refractivity contribution is 1.19. The van der Waals surface area contributed by atoms with Crippen LogP contribution in [0.5, 0.6) is 0 Å². The number of halogens is 1. The van der Waals surface area contributed by atoms with E-state index in [0.29, 0.717) is 4.99 Å². The van der Waals surface area contributed by atoms with E-state index in [0.717, 1.165) is 32.8 Å². The third kappa shape index (κ3) is 3.52. The molecule has 2 rings (SSSR count). The quantitative estimate of drug-likeness (QED) is 0.836. The Labute approximate surface area is 126 Å². The fraction of sp³-hybridized carbons (Fsp3) is 0.143. The van der Waals surface area contributed by atoms with Crippen LogP contribution in [0, 0.1) is 13.8 Å². The van der Waals surface area contributed by atoms with Crippen molar-refractivity contribution in [1.82, 2.24) is 4.98 Å². The highest BCUT2D eigenvalue weighted by Crippen LogP contribution is 2.23. The van der Waals surface area contributed by atoms with Crippen molar-refractivity contribution >= 4 is 44.6 Å². The zero-order valence-electron chi connectivity index (χ0n) is 10.7. The Morgan fingerprint density at radius 2 is 2.00 bits per heavy atom. The smallest absolute Gasteiger partial charge is 0.131 e. The number of hydrogen-bond donors (Lipinski definition) is 2. The number of aryl methyl sites for hydroxylation is 2. The Hall–Kier alpha value is -1.46. The standard InChI is InChI=1S/C14H14BrN3S/c1-8-5-11(3-4-12(8)15)18-13-7-10(14(16)19)6-9(2)17-13/h3-7H,1-2H3,(H2,16,19)(H,17,18). The normalized spacial score (nSPS) is 10.3. The first-order valence-electron chi connectivity index (χ1n) is 5.77. The molecule has 19 heavy (non-hydrogen) atoms. The number of nitrogens with two attached hydrogens (primary N) is 1. The van der Waals surface area contributed by atoms with Crippen LogP contribution in [0.25, 0.3) is 0 Å². The molecule has 1 aromatic carbocycles. The summed E-state index contributed by atoms with van der Waals surface area (Å²) in [6, 6.07) is 9.77. The van der Waals surface area contributed by atoms with Gasteiger partial charge in [-0.05, 0) is 49.7 Å².